The van der Waals surface area contributed by atoms with E-state index in [0.29, 0.717) is 0 Å². The molecule has 0 atom stereocenters. The highest BCUT2D eigenvalue weighted by atomic mass is 16.4. The minimum atomic E-state index is 0. The minimum absolute atomic E-state index is 0. The second-order valence-electron chi connectivity index (χ2n) is 4.46. The normalized spacial score (nSPS) is 9.36. The van der Waals surface area contributed by atoms with Crippen molar-refractivity contribution in [2.75, 3.05) is 4.90 Å². The molecule has 0 saturated carbocycles. The zero-order valence-corrected chi connectivity index (χ0v) is 12.1. The van der Waals surface area contributed by atoms with Crippen LogP contribution in [0.25, 0.3) is 0 Å². The van der Waals surface area contributed by atoms with Crippen LogP contribution in [0.1, 0.15) is 0 Å². The van der Waals surface area contributed by atoms with Crippen molar-refractivity contribution in [3.05, 3.63) is 91.0 Å². The van der Waals surface area contributed by atoms with Gasteiger partial charge in [0.15, 0.2) is 0 Å². The first-order valence-corrected chi connectivity index (χ1v) is 6.92. The predicted molar refractivity (Wildman–Crippen MR) is 91.3 cm³/mol. The lowest BCUT2D eigenvalue weighted by atomic mass is 10.2. The van der Waals surface area contributed by atoms with Crippen LogP contribution in [-0.4, -0.2) is 17.7 Å². The molecule has 0 aliphatic rings. The third kappa shape index (κ3) is 4.22. The molecule has 0 saturated heterocycles. The maximum absolute atomic E-state index is 7.00. The summed E-state index contributed by atoms with van der Waals surface area (Å²) in [6, 6.07) is 31.3. The summed E-state index contributed by atoms with van der Waals surface area (Å²) in [4.78, 5) is 2.25. The Morgan fingerprint density at radius 2 is 0.727 bits per heavy atom. The van der Waals surface area contributed by atoms with E-state index in [-0.39, 0.29) is 7.69 Å². The third-order valence-corrected chi connectivity index (χ3v) is 3.04. The van der Waals surface area contributed by atoms with Crippen molar-refractivity contribution in [3.63, 3.8) is 0 Å². The molecule has 0 aromatic heterocycles. The Morgan fingerprint density at radius 3 is 0.955 bits per heavy atom. The SMILES string of the molecule is O[B]O.c1ccc(N(c2ccccc2)c2ccccc2)cc1. The molecule has 2 N–H and O–H groups in total. The fourth-order valence-electron chi connectivity index (χ4n) is 2.18. The first kappa shape index (κ1) is 15.8. The Hall–Kier alpha value is -2.56. The molecule has 0 bridgehead atoms. The number of benzene rings is 3. The zero-order chi connectivity index (χ0) is 15.6. The summed E-state index contributed by atoms with van der Waals surface area (Å²) < 4.78 is 0. The molecule has 1 radical (unpaired) electrons. The lowest BCUT2D eigenvalue weighted by Crippen LogP contribution is -2.09. The van der Waals surface area contributed by atoms with Gasteiger partial charge in [0.1, 0.15) is 0 Å². The average molecular weight is 290 g/mol. The van der Waals surface area contributed by atoms with E-state index in [2.05, 4.69) is 77.7 Å². The van der Waals surface area contributed by atoms with E-state index >= 15 is 0 Å². The van der Waals surface area contributed by atoms with Gasteiger partial charge in [-0.15, -0.1) is 0 Å². The summed E-state index contributed by atoms with van der Waals surface area (Å²) >= 11 is 0. The highest BCUT2D eigenvalue weighted by Crippen LogP contribution is 2.33. The Kier molecular flexibility index (Phi) is 6.24. The molecule has 3 rings (SSSR count). The van der Waals surface area contributed by atoms with E-state index in [9.17, 15) is 0 Å². The lowest BCUT2D eigenvalue weighted by molar-refractivity contribution is 0.448. The molecule has 0 unspecified atom stereocenters. The van der Waals surface area contributed by atoms with Gasteiger partial charge in [-0.25, -0.2) is 0 Å². The average Bonchev–Trinajstić information content (AvgIpc) is 2.59. The molecule has 4 heteroatoms. The molecule has 0 heterocycles. The molecule has 0 amide bonds. The summed E-state index contributed by atoms with van der Waals surface area (Å²) in [5.41, 5.74) is 3.50. The molecular formula is C18H17BNO2. The molecule has 3 nitrogen and oxygen atoms in total. The van der Waals surface area contributed by atoms with Crippen LogP contribution in [0.4, 0.5) is 17.1 Å². The second-order valence-corrected chi connectivity index (χ2v) is 4.46. The quantitative estimate of drug-likeness (QED) is 0.723. The van der Waals surface area contributed by atoms with Crippen molar-refractivity contribution in [3.8, 4) is 0 Å². The van der Waals surface area contributed by atoms with E-state index in [1.54, 1.807) is 0 Å². The van der Waals surface area contributed by atoms with Crippen molar-refractivity contribution in [2.24, 2.45) is 0 Å². The summed E-state index contributed by atoms with van der Waals surface area (Å²) in [5.74, 6) is 0. The van der Waals surface area contributed by atoms with Gasteiger partial charge in [0, 0.05) is 17.1 Å². The number of para-hydroxylation sites is 3. The van der Waals surface area contributed by atoms with E-state index in [0.717, 1.165) is 0 Å². The van der Waals surface area contributed by atoms with E-state index < -0.39 is 0 Å². The van der Waals surface area contributed by atoms with Crippen LogP contribution >= 0.6 is 0 Å². The molecular weight excluding hydrogens is 273 g/mol. The monoisotopic (exact) mass is 290 g/mol. The van der Waals surface area contributed by atoms with Crippen molar-refractivity contribution in [1.29, 1.82) is 0 Å². The highest BCUT2D eigenvalue weighted by molar-refractivity contribution is 6.13. The molecule has 3 aromatic carbocycles. The van der Waals surface area contributed by atoms with Crippen molar-refractivity contribution in [1.82, 2.24) is 0 Å². The summed E-state index contributed by atoms with van der Waals surface area (Å²) in [5, 5.41) is 14.0. The topological polar surface area (TPSA) is 43.7 Å². The smallest absolute Gasteiger partial charge is 0.429 e. The standard InChI is InChI=1S/C18H15N.BH2O2/c1-4-10-16(11-5-1)19(17-12-6-2-7-13-17)18-14-8-3-9-15-18;2-1-3/h1-15H;2-3H. The fraction of sp³-hybridized carbons (Fsp3) is 0. The van der Waals surface area contributed by atoms with Gasteiger partial charge >= 0.3 is 7.69 Å². The van der Waals surface area contributed by atoms with Crippen LogP contribution in [0.5, 0.6) is 0 Å². The minimum Gasteiger partial charge on any atom is -0.429 e. The number of rotatable bonds is 3. The van der Waals surface area contributed by atoms with Gasteiger partial charge in [-0.3, -0.25) is 0 Å². The molecule has 3 aromatic rings. The number of hydrogen-bond donors (Lipinski definition) is 2. The van der Waals surface area contributed by atoms with Gasteiger partial charge in [0.05, 0.1) is 0 Å². The van der Waals surface area contributed by atoms with E-state index in [4.69, 9.17) is 10.0 Å². The maximum atomic E-state index is 7.00. The van der Waals surface area contributed by atoms with Crippen LogP contribution in [0, 0.1) is 0 Å². The van der Waals surface area contributed by atoms with Crippen molar-refractivity contribution >= 4 is 24.7 Å². The molecule has 0 spiro atoms. The Bertz CT molecular complexity index is 554. The molecule has 109 valence electrons. The van der Waals surface area contributed by atoms with Gasteiger partial charge < -0.3 is 14.9 Å². The van der Waals surface area contributed by atoms with Gasteiger partial charge in [0.2, 0.25) is 0 Å². The second kappa shape index (κ2) is 8.67. The van der Waals surface area contributed by atoms with Crippen molar-refractivity contribution in [2.45, 2.75) is 0 Å². The molecule has 22 heavy (non-hydrogen) atoms. The van der Waals surface area contributed by atoms with Gasteiger partial charge in [0.25, 0.3) is 0 Å². The van der Waals surface area contributed by atoms with Gasteiger partial charge in [-0.05, 0) is 36.4 Å². The first-order valence-electron chi connectivity index (χ1n) is 6.92. The summed E-state index contributed by atoms with van der Waals surface area (Å²) in [7, 11) is 0. The number of hydrogen-bond acceptors (Lipinski definition) is 3. The zero-order valence-electron chi connectivity index (χ0n) is 12.1. The Balaban J connectivity index is 0.000000545. The molecule has 0 fully saturated rings. The van der Waals surface area contributed by atoms with Crippen LogP contribution < -0.4 is 4.90 Å². The summed E-state index contributed by atoms with van der Waals surface area (Å²) in [6.45, 7) is 0. The van der Waals surface area contributed by atoms with E-state index in [1.807, 2.05) is 18.2 Å². The third-order valence-electron chi connectivity index (χ3n) is 3.04. The first-order chi connectivity index (χ1) is 10.9. The van der Waals surface area contributed by atoms with Crippen LogP contribution in [0.2, 0.25) is 0 Å². The molecule has 0 aliphatic carbocycles. The largest absolute Gasteiger partial charge is 0.482 e. The van der Waals surface area contributed by atoms with Crippen molar-refractivity contribution < 1.29 is 10.0 Å². The maximum Gasteiger partial charge on any atom is 0.482 e. The number of anilines is 3. The predicted octanol–water partition coefficient (Wildman–Crippen LogP) is 3.66. The number of nitrogens with zero attached hydrogens (tertiary/aromatic N) is 1. The van der Waals surface area contributed by atoms with Crippen LogP contribution in [-0.2, 0) is 0 Å². The Morgan fingerprint density at radius 1 is 0.500 bits per heavy atom. The molecule has 0 aliphatic heterocycles. The van der Waals surface area contributed by atoms with E-state index in [1.165, 1.54) is 17.1 Å². The van der Waals surface area contributed by atoms with Gasteiger partial charge in [-0.2, -0.15) is 0 Å². The summed E-state index contributed by atoms with van der Waals surface area (Å²) in [6.07, 6.45) is 0. The van der Waals surface area contributed by atoms with Crippen LogP contribution in [0.15, 0.2) is 91.0 Å². The Labute approximate surface area is 131 Å². The lowest BCUT2D eigenvalue weighted by Gasteiger charge is -2.25. The van der Waals surface area contributed by atoms with Gasteiger partial charge in [-0.1, -0.05) is 54.6 Å². The highest BCUT2D eigenvalue weighted by Gasteiger charge is 2.10. The van der Waals surface area contributed by atoms with Crippen LogP contribution in [0.3, 0.4) is 0 Å². The fourth-order valence-corrected chi connectivity index (χ4v) is 2.18.